The van der Waals surface area contributed by atoms with Gasteiger partial charge in [-0.25, -0.2) is 0 Å². The topological polar surface area (TPSA) is 12.0 Å². The van der Waals surface area contributed by atoms with Crippen molar-refractivity contribution in [1.82, 2.24) is 5.32 Å². The minimum atomic E-state index is 0.0749. The first kappa shape index (κ1) is 10.4. The van der Waals surface area contributed by atoms with Crippen LogP contribution in [0.5, 0.6) is 0 Å². The van der Waals surface area contributed by atoms with Crippen molar-refractivity contribution in [1.29, 1.82) is 0 Å². The Balaban J connectivity index is 3.86. The van der Waals surface area contributed by atoms with Crippen molar-refractivity contribution in [2.75, 3.05) is 0 Å². The summed E-state index contributed by atoms with van der Waals surface area (Å²) in [4.78, 5) is 0.875. The number of rotatable bonds is 1. The van der Waals surface area contributed by atoms with E-state index in [1.54, 1.807) is 0 Å². The first-order valence-corrected chi connectivity index (χ1v) is 4.70. The van der Waals surface area contributed by atoms with Gasteiger partial charge in [0.15, 0.2) is 0 Å². The van der Waals surface area contributed by atoms with Gasteiger partial charge in [-0.3, -0.25) is 0 Å². The number of halogens is 1. The van der Waals surface area contributed by atoms with Crippen molar-refractivity contribution in [2.45, 2.75) is 20.8 Å². The average Bonchev–Trinajstić information content (AvgIpc) is 1.80. The summed E-state index contributed by atoms with van der Waals surface area (Å²) in [5.41, 5.74) is 0.0749. The fourth-order valence-electron chi connectivity index (χ4n) is 0.324. The summed E-state index contributed by atoms with van der Waals surface area (Å²) in [6.07, 6.45) is 1.84. The zero-order chi connectivity index (χ0) is 8.20. The van der Waals surface area contributed by atoms with Crippen LogP contribution in [0.15, 0.2) is 10.3 Å². The van der Waals surface area contributed by atoms with Crippen molar-refractivity contribution < 1.29 is 0 Å². The molecule has 0 saturated carbocycles. The maximum Gasteiger partial charge on any atom is 0.0847 e. The molecule has 0 bridgehead atoms. The van der Waals surface area contributed by atoms with Crippen molar-refractivity contribution in [3.8, 4) is 0 Å². The molecule has 58 valence electrons. The predicted octanol–water partition coefficient (Wildman–Crippen LogP) is 2.86. The number of thiocarbonyl (C=S) groups is 1. The Labute approximate surface area is 81.4 Å². The van der Waals surface area contributed by atoms with E-state index in [2.05, 4.69) is 48.7 Å². The van der Waals surface area contributed by atoms with E-state index in [-0.39, 0.29) is 5.41 Å². The fraction of sp³-hybridized carbons (Fsp3) is 0.571. The summed E-state index contributed by atoms with van der Waals surface area (Å²) in [5, 5.41) is 3.02. The highest BCUT2D eigenvalue weighted by Gasteiger charge is 2.14. The van der Waals surface area contributed by atoms with Crippen LogP contribution in [0.1, 0.15) is 20.8 Å². The second-order valence-electron chi connectivity index (χ2n) is 3.02. The minimum absolute atomic E-state index is 0.0749. The number of hydrogen-bond donors (Lipinski definition) is 1. The summed E-state index contributed by atoms with van der Waals surface area (Å²) in [7, 11) is 0. The van der Waals surface area contributed by atoms with Crippen LogP contribution in [-0.4, -0.2) is 4.99 Å². The van der Waals surface area contributed by atoms with E-state index in [0.29, 0.717) is 0 Å². The lowest BCUT2D eigenvalue weighted by Gasteiger charge is -2.18. The Morgan fingerprint density at radius 2 is 2.00 bits per heavy atom. The standard InChI is InChI=1S/C7H12INS/c1-7(2,3)6(10)9-5-4-8/h4-5H,1-3H3,(H,9,10)/b5-4-. The third-order valence-electron chi connectivity index (χ3n) is 0.959. The molecule has 0 unspecified atom stereocenters. The maximum atomic E-state index is 5.09. The highest BCUT2D eigenvalue weighted by Crippen LogP contribution is 2.13. The SMILES string of the molecule is CC(C)(C)C(=S)N/C=C\I. The van der Waals surface area contributed by atoms with E-state index < -0.39 is 0 Å². The van der Waals surface area contributed by atoms with E-state index in [9.17, 15) is 0 Å². The Kier molecular flexibility index (Phi) is 4.44. The normalized spacial score (nSPS) is 12.0. The molecule has 0 saturated heterocycles. The maximum absolute atomic E-state index is 5.09. The molecule has 0 radical (unpaired) electrons. The van der Waals surface area contributed by atoms with Crippen LogP contribution in [0.4, 0.5) is 0 Å². The van der Waals surface area contributed by atoms with Gasteiger partial charge in [-0.1, -0.05) is 55.6 Å². The van der Waals surface area contributed by atoms with Crippen LogP contribution in [-0.2, 0) is 0 Å². The molecule has 3 heteroatoms. The van der Waals surface area contributed by atoms with Gasteiger partial charge in [0.05, 0.1) is 4.99 Å². The molecule has 0 heterocycles. The molecule has 0 atom stereocenters. The first-order chi connectivity index (χ1) is 4.48. The lowest BCUT2D eigenvalue weighted by molar-refractivity contribution is 0.587. The van der Waals surface area contributed by atoms with Gasteiger partial charge in [0, 0.05) is 11.6 Å². The molecule has 1 N–H and O–H groups in total. The largest absolute Gasteiger partial charge is 0.355 e. The summed E-state index contributed by atoms with van der Waals surface area (Å²) >= 11 is 7.24. The molecule has 0 aromatic heterocycles. The quantitative estimate of drug-likeness (QED) is 0.580. The molecule has 0 aliphatic heterocycles. The molecular formula is C7H12INS. The lowest BCUT2D eigenvalue weighted by Crippen LogP contribution is -2.29. The van der Waals surface area contributed by atoms with Crippen LogP contribution >= 0.6 is 34.8 Å². The Morgan fingerprint density at radius 3 is 2.30 bits per heavy atom. The first-order valence-electron chi connectivity index (χ1n) is 3.04. The van der Waals surface area contributed by atoms with E-state index in [0.717, 1.165) is 4.99 Å². The van der Waals surface area contributed by atoms with Gasteiger partial charge in [-0.2, -0.15) is 0 Å². The van der Waals surface area contributed by atoms with Crippen molar-refractivity contribution in [3.05, 3.63) is 10.3 Å². The monoisotopic (exact) mass is 269 g/mol. The van der Waals surface area contributed by atoms with Crippen LogP contribution in [0.3, 0.4) is 0 Å². The van der Waals surface area contributed by atoms with Gasteiger partial charge < -0.3 is 5.32 Å². The molecule has 0 aromatic rings. The van der Waals surface area contributed by atoms with Crippen LogP contribution in [0.25, 0.3) is 0 Å². The molecule has 1 nitrogen and oxygen atoms in total. The van der Waals surface area contributed by atoms with Gasteiger partial charge in [-0.15, -0.1) is 0 Å². The van der Waals surface area contributed by atoms with Gasteiger partial charge >= 0.3 is 0 Å². The van der Waals surface area contributed by atoms with Gasteiger partial charge in [0.1, 0.15) is 0 Å². The zero-order valence-corrected chi connectivity index (χ0v) is 9.41. The van der Waals surface area contributed by atoms with E-state index in [4.69, 9.17) is 12.2 Å². The highest BCUT2D eigenvalue weighted by atomic mass is 127. The molecule has 0 fully saturated rings. The highest BCUT2D eigenvalue weighted by molar-refractivity contribution is 14.1. The average molecular weight is 269 g/mol. The molecule has 0 aliphatic rings. The van der Waals surface area contributed by atoms with Gasteiger partial charge in [-0.05, 0) is 4.08 Å². The molecule has 0 rings (SSSR count). The summed E-state index contributed by atoms with van der Waals surface area (Å²) in [6.45, 7) is 6.26. The van der Waals surface area contributed by atoms with Crippen LogP contribution in [0.2, 0.25) is 0 Å². The Morgan fingerprint density at radius 1 is 1.50 bits per heavy atom. The van der Waals surface area contributed by atoms with Gasteiger partial charge in [0.25, 0.3) is 0 Å². The van der Waals surface area contributed by atoms with Gasteiger partial charge in [0.2, 0.25) is 0 Å². The minimum Gasteiger partial charge on any atom is -0.355 e. The smallest absolute Gasteiger partial charge is 0.0847 e. The number of nitrogens with one attached hydrogen (secondary N) is 1. The summed E-state index contributed by atoms with van der Waals surface area (Å²) < 4.78 is 1.90. The third-order valence-corrected chi connectivity index (χ3v) is 2.05. The van der Waals surface area contributed by atoms with Crippen molar-refractivity contribution in [2.24, 2.45) is 5.41 Å². The Bertz CT molecular complexity index is 146. The molecular weight excluding hydrogens is 257 g/mol. The van der Waals surface area contributed by atoms with E-state index >= 15 is 0 Å². The number of hydrogen-bond acceptors (Lipinski definition) is 1. The van der Waals surface area contributed by atoms with Crippen LogP contribution in [0, 0.1) is 5.41 Å². The molecule has 0 aliphatic carbocycles. The Hall–Kier alpha value is 0.360. The van der Waals surface area contributed by atoms with E-state index in [1.165, 1.54) is 0 Å². The summed E-state index contributed by atoms with van der Waals surface area (Å²) in [6, 6.07) is 0. The van der Waals surface area contributed by atoms with Crippen molar-refractivity contribution >= 4 is 39.8 Å². The fourth-order valence-corrected chi connectivity index (χ4v) is 0.572. The second kappa shape index (κ2) is 4.28. The zero-order valence-electron chi connectivity index (χ0n) is 6.44. The van der Waals surface area contributed by atoms with Crippen molar-refractivity contribution in [3.63, 3.8) is 0 Å². The van der Waals surface area contributed by atoms with E-state index in [1.807, 2.05) is 10.3 Å². The third kappa shape index (κ3) is 4.22. The lowest BCUT2D eigenvalue weighted by atomic mass is 9.97. The molecule has 0 amide bonds. The van der Waals surface area contributed by atoms with Crippen LogP contribution < -0.4 is 5.32 Å². The second-order valence-corrected chi connectivity index (χ2v) is 4.14. The predicted molar refractivity (Wildman–Crippen MR) is 58.3 cm³/mol. The molecule has 10 heavy (non-hydrogen) atoms. The molecule has 0 aromatic carbocycles. The molecule has 0 spiro atoms. The summed E-state index contributed by atoms with van der Waals surface area (Å²) in [5.74, 6) is 0.